The van der Waals surface area contributed by atoms with Gasteiger partial charge in [0.25, 0.3) is 0 Å². The topological polar surface area (TPSA) is 22.0 Å². The summed E-state index contributed by atoms with van der Waals surface area (Å²) in [5.41, 5.74) is 3.14. The normalized spacial score (nSPS) is 11.8. The van der Waals surface area contributed by atoms with Crippen LogP contribution in [-0.2, 0) is 5.54 Å². The van der Waals surface area contributed by atoms with Crippen LogP contribution in [0.1, 0.15) is 48.9 Å². The summed E-state index contributed by atoms with van der Waals surface area (Å²) >= 11 is 0. The highest BCUT2D eigenvalue weighted by molar-refractivity contribution is 5.77. The van der Waals surface area contributed by atoms with E-state index in [-0.39, 0.29) is 5.54 Å². The molecule has 0 atom stereocenters. The minimum Gasteiger partial charge on any atom is -0.343 e. The van der Waals surface area contributed by atoms with Gasteiger partial charge in [0.1, 0.15) is 0 Å². The molecule has 0 aliphatic carbocycles. The molecule has 1 aromatic heterocycles. The number of nitrogens with zero attached hydrogens (tertiary/aromatic N) is 1. The zero-order valence-electron chi connectivity index (χ0n) is 9.72. The number of carbonyl (C=O) groups is 1. The lowest BCUT2D eigenvalue weighted by Crippen LogP contribution is -2.27. The van der Waals surface area contributed by atoms with Crippen LogP contribution in [0.3, 0.4) is 0 Å². The van der Waals surface area contributed by atoms with E-state index in [9.17, 15) is 4.79 Å². The Morgan fingerprint density at radius 2 is 2.00 bits per heavy atom. The number of aromatic nitrogens is 1. The SMILES string of the molecule is CCC(C)(C)n1c(C)cc(C=O)c1C. The van der Waals surface area contributed by atoms with Crippen molar-refractivity contribution < 1.29 is 4.79 Å². The van der Waals surface area contributed by atoms with E-state index in [4.69, 9.17) is 0 Å². The summed E-state index contributed by atoms with van der Waals surface area (Å²) in [6.45, 7) is 10.6. The third-order valence-electron chi connectivity index (χ3n) is 3.07. The Hall–Kier alpha value is -1.05. The maximum absolute atomic E-state index is 10.8. The van der Waals surface area contributed by atoms with Gasteiger partial charge in [-0.1, -0.05) is 6.92 Å². The minimum absolute atomic E-state index is 0.0927. The molecule has 0 aliphatic heterocycles. The Bertz CT molecular complexity index is 347. The molecular weight excluding hydrogens is 174 g/mol. The highest BCUT2D eigenvalue weighted by atomic mass is 16.1. The Kier molecular flexibility index (Phi) is 2.84. The molecular formula is C12H19NO. The molecule has 14 heavy (non-hydrogen) atoms. The smallest absolute Gasteiger partial charge is 0.151 e. The Morgan fingerprint density at radius 3 is 2.36 bits per heavy atom. The van der Waals surface area contributed by atoms with E-state index in [1.807, 2.05) is 13.0 Å². The van der Waals surface area contributed by atoms with Crippen LogP contribution >= 0.6 is 0 Å². The molecule has 0 radical (unpaired) electrons. The van der Waals surface area contributed by atoms with E-state index in [0.29, 0.717) is 0 Å². The molecule has 0 unspecified atom stereocenters. The van der Waals surface area contributed by atoms with Gasteiger partial charge in [-0.2, -0.15) is 0 Å². The molecule has 0 saturated heterocycles. The first-order valence-electron chi connectivity index (χ1n) is 5.08. The summed E-state index contributed by atoms with van der Waals surface area (Å²) in [5.74, 6) is 0. The van der Waals surface area contributed by atoms with Gasteiger partial charge in [-0.3, -0.25) is 4.79 Å². The summed E-state index contributed by atoms with van der Waals surface area (Å²) in [6.07, 6.45) is 1.99. The maximum atomic E-state index is 10.8. The highest BCUT2D eigenvalue weighted by Gasteiger charge is 2.22. The molecule has 0 aromatic carbocycles. The fourth-order valence-corrected chi connectivity index (χ4v) is 2.00. The van der Waals surface area contributed by atoms with Gasteiger partial charge in [-0.15, -0.1) is 0 Å². The second-order valence-corrected chi connectivity index (χ2v) is 4.45. The molecule has 78 valence electrons. The number of hydrogen-bond donors (Lipinski definition) is 0. The predicted octanol–water partition coefficient (Wildman–Crippen LogP) is 3.06. The third-order valence-corrected chi connectivity index (χ3v) is 3.07. The van der Waals surface area contributed by atoms with Crippen LogP contribution in [0.4, 0.5) is 0 Å². The van der Waals surface area contributed by atoms with Crippen LogP contribution in [-0.4, -0.2) is 10.9 Å². The number of hydrogen-bond acceptors (Lipinski definition) is 1. The molecule has 0 bridgehead atoms. The van der Waals surface area contributed by atoms with Crippen LogP contribution in [0.15, 0.2) is 6.07 Å². The van der Waals surface area contributed by atoms with Crippen molar-refractivity contribution in [3.05, 3.63) is 23.0 Å². The average molecular weight is 193 g/mol. The summed E-state index contributed by atoms with van der Waals surface area (Å²) in [4.78, 5) is 10.8. The van der Waals surface area contributed by atoms with Crippen molar-refractivity contribution in [2.45, 2.75) is 46.6 Å². The summed E-state index contributed by atoms with van der Waals surface area (Å²) in [6, 6.07) is 1.96. The molecule has 0 amide bonds. The minimum atomic E-state index is 0.0927. The second kappa shape index (κ2) is 3.60. The van der Waals surface area contributed by atoms with E-state index >= 15 is 0 Å². The zero-order valence-corrected chi connectivity index (χ0v) is 9.72. The molecule has 0 fully saturated rings. The van der Waals surface area contributed by atoms with Crippen molar-refractivity contribution in [3.8, 4) is 0 Å². The average Bonchev–Trinajstić information content (AvgIpc) is 2.41. The Labute approximate surface area is 85.9 Å². The van der Waals surface area contributed by atoms with Gasteiger partial charge in [0.05, 0.1) is 0 Å². The Balaban J connectivity index is 3.34. The van der Waals surface area contributed by atoms with Crippen LogP contribution in [0.5, 0.6) is 0 Å². The van der Waals surface area contributed by atoms with E-state index < -0.39 is 0 Å². The van der Waals surface area contributed by atoms with Crippen molar-refractivity contribution in [2.24, 2.45) is 0 Å². The highest BCUT2D eigenvalue weighted by Crippen LogP contribution is 2.26. The number of aryl methyl sites for hydroxylation is 1. The largest absolute Gasteiger partial charge is 0.343 e. The van der Waals surface area contributed by atoms with Gasteiger partial charge < -0.3 is 4.57 Å². The molecule has 2 heteroatoms. The van der Waals surface area contributed by atoms with Crippen molar-refractivity contribution in [1.82, 2.24) is 4.57 Å². The van der Waals surface area contributed by atoms with Crippen LogP contribution in [0.25, 0.3) is 0 Å². The first kappa shape index (κ1) is 11.0. The molecule has 1 aromatic rings. The molecule has 0 spiro atoms. The van der Waals surface area contributed by atoms with Crippen LogP contribution in [0, 0.1) is 13.8 Å². The van der Waals surface area contributed by atoms with Gasteiger partial charge in [-0.05, 0) is 40.2 Å². The molecule has 1 rings (SSSR count). The van der Waals surface area contributed by atoms with E-state index in [2.05, 4.69) is 32.3 Å². The van der Waals surface area contributed by atoms with Crippen molar-refractivity contribution >= 4 is 6.29 Å². The number of aldehydes is 1. The summed E-state index contributed by atoms with van der Waals surface area (Å²) in [7, 11) is 0. The molecule has 2 nitrogen and oxygen atoms in total. The van der Waals surface area contributed by atoms with Crippen molar-refractivity contribution in [1.29, 1.82) is 0 Å². The molecule has 0 saturated carbocycles. The van der Waals surface area contributed by atoms with E-state index in [0.717, 1.165) is 29.7 Å². The maximum Gasteiger partial charge on any atom is 0.151 e. The second-order valence-electron chi connectivity index (χ2n) is 4.45. The number of rotatable bonds is 3. The first-order valence-corrected chi connectivity index (χ1v) is 5.08. The van der Waals surface area contributed by atoms with Gasteiger partial charge in [-0.25, -0.2) is 0 Å². The van der Waals surface area contributed by atoms with E-state index in [1.54, 1.807) is 0 Å². The molecule has 0 N–H and O–H groups in total. The van der Waals surface area contributed by atoms with Gasteiger partial charge in [0.15, 0.2) is 6.29 Å². The van der Waals surface area contributed by atoms with Gasteiger partial charge in [0, 0.05) is 22.5 Å². The van der Waals surface area contributed by atoms with Crippen LogP contribution < -0.4 is 0 Å². The molecule has 0 aliphatic rings. The standard InChI is InChI=1S/C12H19NO/c1-6-12(4,5)13-9(2)7-11(8-14)10(13)3/h7-8H,6H2,1-5H3. The fraction of sp³-hybridized carbons (Fsp3) is 0.583. The first-order chi connectivity index (χ1) is 6.44. The quantitative estimate of drug-likeness (QED) is 0.676. The van der Waals surface area contributed by atoms with E-state index in [1.165, 1.54) is 0 Å². The van der Waals surface area contributed by atoms with Crippen molar-refractivity contribution in [3.63, 3.8) is 0 Å². The Morgan fingerprint density at radius 1 is 1.43 bits per heavy atom. The lowest BCUT2D eigenvalue weighted by atomic mass is 10.0. The number of carbonyl (C=O) groups excluding carboxylic acids is 1. The summed E-state index contributed by atoms with van der Waals surface area (Å²) < 4.78 is 2.25. The summed E-state index contributed by atoms with van der Waals surface area (Å²) in [5, 5.41) is 0. The zero-order chi connectivity index (χ0) is 10.9. The predicted molar refractivity (Wildman–Crippen MR) is 58.9 cm³/mol. The third kappa shape index (κ3) is 1.61. The fourth-order valence-electron chi connectivity index (χ4n) is 2.00. The van der Waals surface area contributed by atoms with Crippen molar-refractivity contribution in [2.75, 3.05) is 0 Å². The molecule has 1 heterocycles. The van der Waals surface area contributed by atoms with Crippen LogP contribution in [0.2, 0.25) is 0 Å². The lowest BCUT2D eigenvalue weighted by molar-refractivity contribution is 0.112. The monoisotopic (exact) mass is 193 g/mol. The van der Waals surface area contributed by atoms with Gasteiger partial charge >= 0.3 is 0 Å². The lowest BCUT2D eigenvalue weighted by Gasteiger charge is -2.29. The van der Waals surface area contributed by atoms with Gasteiger partial charge in [0.2, 0.25) is 0 Å².